The Morgan fingerprint density at radius 1 is 2.00 bits per heavy atom. The van der Waals surface area contributed by atoms with Gasteiger partial charge < -0.3 is 5.11 Å². The summed E-state index contributed by atoms with van der Waals surface area (Å²) in [6.45, 7) is 0. The van der Waals surface area contributed by atoms with Crippen LogP contribution in [0.2, 0.25) is 0 Å². The van der Waals surface area contributed by atoms with Gasteiger partial charge in [0, 0.05) is 0 Å². The third-order valence-electron chi connectivity index (χ3n) is 0.0972. The van der Waals surface area contributed by atoms with Crippen LogP contribution in [0.1, 0.15) is 0 Å². The maximum absolute atomic E-state index is 9.00. The van der Waals surface area contributed by atoms with Crippen molar-refractivity contribution in [3.05, 3.63) is 0 Å². The van der Waals surface area contributed by atoms with Crippen LogP contribution in [0.25, 0.3) is 0 Å². The molecule has 0 aromatic rings. The van der Waals surface area contributed by atoms with Gasteiger partial charge in [-0.05, 0) is 0 Å². The summed E-state index contributed by atoms with van der Waals surface area (Å²) in [6, 6.07) is 0. The maximum Gasteiger partial charge on any atom is 0.246 e. The Morgan fingerprint density at radius 2 is 2.20 bits per heavy atom. The molecule has 0 aliphatic carbocycles. The van der Waals surface area contributed by atoms with E-state index in [1.54, 1.807) is 0 Å². The molecule has 1 radical (unpaired) electrons. The molecule has 0 heterocycles. The normalized spacial score (nSPS) is 14.0. The molecule has 0 saturated carbocycles. The zero-order chi connectivity index (χ0) is 4.28. The quantitative estimate of drug-likeness (QED) is 0.450. The fraction of sp³-hybridized carbons (Fsp3) is 0.500. The average Bonchev–Trinajstić information content (AvgIpc) is 1.38. The van der Waals surface area contributed by atoms with Gasteiger partial charge in [-0.3, -0.25) is 4.79 Å². The molecule has 0 fully saturated rings. The van der Waals surface area contributed by atoms with E-state index >= 15 is 0 Å². The van der Waals surface area contributed by atoms with Gasteiger partial charge >= 0.3 is 0 Å². The molecular formula is C2H2ClO2. The van der Waals surface area contributed by atoms with E-state index in [9.17, 15) is 0 Å². The lowest BCUT2D eigenvalue weighted by molar-refractivity contribution is 0.310. The van der Waals surface area contributed by atoms with E-state index in [-0.39, 0.29) is 0 Å². The van der Waals surface area contributed by atoms with Crippen molar-refractivity contribution in [2.24, 2.45) is 0 Å². The summed E-state index contributed by atoms with van der Waals surface area (Å²) >= 11 is 4.59. The van der Waals surface area contributed by atoms with Gasteiger partial charge in [0.25, 0.3) is 0 Å². The Bertz CT molecular complexity index is 34.6. The van der Waals surface area contributed by atoms with Crippen molar-refractivity contribution in [1.82, 2.24) is 0 Å². The first-order valence-electron chi connectivity index (χ1n) is 0.969. The zero-order valence-corrected chi connectivity index (χ0v) is 3.07. The summed E-state index contributed by atoms with van der Waals surface area (Å²) in [5.41, 5.74) is -1.45. The Balaban J connectivity index is 2.83. The lowest BCUT2D eigenvalue weighted by atomic mass is 10.8. The van der Waals surface area contributed by atoms with Crippen molar-refractivity contribution < 1.29 is 9.90 Å². The largest absolute Gasteiger partial charge is 0.371 e. The van der Waals surface area contributed by atoms with Gasteiger partial charge in [0.05, 0.1) is 0 Å². The number of carbonyl (C=O) groups excluding carboxylic acids is 1. The van der Waals surface area contributed by atoms with Gasteiger partial charge in [-0.2, -0.15) is 0 Å². The van der Waals surface area contributed by atoms with Crippen molar-refractivity contribution >= 4 is 17.9 Å². The molecule has 0 aromatic carbocycles. The highest BCUT2D eigenvalue weighted by atomic mass is 35.5. The molecular weight excluding hydrogens is 91.5 g/mol. The summed E-state index contributed by atoms with van der Waals surface area (Å²) < 4.78 is 0. The third kappa shape index (κ3) is 3.92. The predicted molar refractivity (Wildman–Crippen MR) is 17.6 cm³/mol. The van der Waals surface area contributed by atoms with E-state index in [4.69, 9.17) is 9.90 Å². The second-order valence-electron chi connectivity index (χ2n) is 0.454. The molecule has 0 rings (SSSR count). The van der Waals surface area contributed by atoms with Gasteiger partial charge in [0.15, 0.2) is 5.56 Å². The topological polar surface area (TPSA) is 37.3 Å². The van der Waals surface area contributed by atoms with Crippen molar-refractivity contribution in [1.29, 1.82) is 0 Å². The molecule has 0 aliphatic rings. The van der Waals surface area contributed by atoms with Crippen molar-refractivity contribution in [2.45, 2.75) is 5.56 Å². The van der Waals surface area contributed by atoms with Crippen LogP contribution in [-0.4, -0.2) is 17.0 Å². The first kappa shape index (κ1) is 4.92. The predicted octanol–water partition coefficient (Wildman–Crippen LogP) is -0.347. The van der Waals surface area contributed by atoms with Crippen LogP contribution >= 0.6 is 11.6 Å². The highest BCUT2D eigenvalue weighted by Gasteiger charge is 1.87. The molecule has 0 aromatic heterocycles. The van der Waals surface area contributed by atoms with Crippen LogP contribution < -0.4 is 0 Å². The van der Waals surface area contributed by atoms with E-state index in [0.29, 0.717) is 0 Å². The maximum atomic E-state index is 9.00. The Hall–Kier alpha value is -0.0800. The van der Waals surface area contributed by atoms with Gasteiger partial charge in [0.1, 0.15) is 0 Å². The van der Waals surface area contributed by atoms with E-state index in [2.05, 4.69) is 11.6 Å². The SMILES string of the molecule is O=[C]C(O)Cl. The molecule has 0 saturated heterocycles. The van der Waals surface area contributed by atoms with E-state index < -0.39 is 5.56 Å². The number of alkyl halides is 1. The fourth-order valence-corrected chi connectivity index (χ4v) is 0. The summed E-state index contributed by atoms with van der Waals surface area (Å²) in [7, 11) is 0. The summed E-state index contributed by atoms with van der Waals surface area (Å²) in [5.74, 6) is 0. The minimum absolute atomic E-state index is 1.10. The number of rotatable bonds is 1. The van der Waals surface area contributed by atoms with Crippen LogP contribution in [0.4, 0.5) is 0 Å². The summed E-state index contributed by atoms with van der Waals surface area (Å²) in [4.78, 5) is 9.00. The lowest BCUT2D eigenvalue weighted by Crippen LogP contribution is -1.93. The van der Waals surface area contributed by atoms with E-state index in [1.165, 1.54) is 0 Å². The monoisotopic (exact) mass is 93.0 g/mol. The standard InChI is InChI=1S/C2H2ClO2/c3-2(5)1-4/h2,5H. The van der Waals surface area contributed by atoms with Crippen LogP contribution in [-0.2, 0) is 4.79 Å². The van der Waals surface area contributed by atoms with E-state index in [0.717, 1.165) is 6.29 Å². The minimum atomic E-state index is -1.45. The zero-order valence-electron chi connectivity index (χ0n) is 2.31. The smallest absolute Gasteiger partial charge is 0.246 e. The van der Waals surface area contributed by atoms with E-state index in [1.807, 2.05) is 0 Å². The van der Waals surface area contributed by atoms with Gasteiger partial charge in [0.2, 0.25) is 6.29 Å². The molecule has 29 valence electrons. The molecule has 1 unspecified atom stereocenters. The number of hydrogen-bond donors (Lipinski definition) is 1. The first-order chi connectivity index (χ1) is 2.27. The van der Waals surface area contributed by atoms with Crippen LogP contribution in [0.5, 0.6) is 0 Å². The van der Waals surface area contributed by atoms with Crippen molar-refractivity contribution in [3.63, 3.8) is 0 Å². The van der Waals surface area contributed by atoms with Crippen molar-refractivity contribution in [2.75, 3.05) is 0 Å². The second kappa shape index (κ2) is 2.18. The fourth-order valence-electron chi connectivity index (χ4n) is 0. The molecule has 0 bridgehead atoms. The molecule has 1 N–H and O–H groups in total. The molecule has 1 atom stereocenters. The number of hydrogen-bond acceptors (Lipinski definition) is 2. The Morgan fingerprint density at radius 3 is 2.20 bits per heavy atom. The summed E-state index contributed by atoms with van der Waals surface area (Å²) in [6.07, 6.45) is 1.10. The Kier molecular flexibility index (Phi) is 2.14. The molecule has 0 spiro atoms. The molecule has 0 aliphatic heterocycles. The second-order valence-corrected chi connectivity index (χ2v) is 0.867. The highest BCUT2D eigenvalue weighted by Crippen LogP contribution is 1.77. The average molecular weight is 93.5 g/mol. The van der Waals surface area contributed by atoms with Gasteiger partial charge in [-0.25, -0.2) is 0 Å². The molecule has 5 heavy (non-hydrogen) atoms. The minimum Gasteiger partial charge on any atom is -0.371 e. The van der Waals surface area contributed by atoms with Gasteiger partial charge in [-0.15, -0.1) is 0 Å². The summed E-state index contributed by atoms with van der Waals surface area (Å²) in [5, 5.41) is 7.70. The molecule has 0 amide bonds. The highest BCUT2D eigenvalue weighted by molar-refractivity contribution is 6.26. The third-order valence-corrected chi connectivity index (χ3v) is 0.186. The first-order valence-corrected chi connectivity index (χ1v) is 1.41. The van der Waals surface area contributed by atoms with Crippen LogP contribution in [0.15, 0.2) is 0 Å². The molecule has 3 heteroatoms. The number of aliphatic hydroxyl groups excluding tert-OH is 1. The van der Waals surface area contributed by atoms with Crippen LogP contribution in [0, 0.1) is 0 Å². The van der Waals surface area contributed by atoms with Crippen molar-refractivity contribution in [3.8, 4) is 0 Å². The number of halogens is 1. The molecule has 2 nitrogen and oxygen atoms in total. The van der Waals surface area contributed by atoms with Crippen LogP contribution in [0.3, 0.4) is 0 Å². The Labute approximate surface area is 34.4 Å². The van der Waals surface area contributed by atoms with Gasteiger partial charge in [-0.1, -0.05) is 11.6 Å². The lowest BCUT2D eigenvalue weighted by Gasteiger charge is -1.74. The number of aliphatic hydroxyl groups is 1.